The van der Waals surface area contributed by atoms with Gasteiger partial charge in [0.25, 0.3) is 0 Å². The van der Waals surface area contributed by atoms with Crippen LogP contribution >= 0.6 is 0 Å². The van der Waals surface area contributed by atoms with Gasteiger partial charge in [0.15, 0.2) is 23.8 Å². The summed E-state index contributed by atoms with van der Waals surface area (Å²) in [5.74, 6) is 1.39. The van der Waals surface area contributed by atoms with E-state index in [-0.39, 0.29) is 18.2 Å². The summed E-state index contributed by atoms with van der Waals surface area (Å²) in [4.78, 5) is 0. The third-order valence-electron chi connectivity index (χ3n) is 5.54. The topological polar surface area (TPSA) is 21.5 Å². The third kappa shape index (κ3) is 5.51. The Hall–Kier alpha value is -2.07. The van der Waals surface area contributed by atoms with Crippen LogP contribution in [0.3, 0.4) is 0 Å². The lowest BCUT2D eigenvalue weighted by molar-refractivity contribution is -0.546. The number of hydrogen-bond acceptors (Lipinski definition) is 2. The molecule has 0 fully saturated rings. The molecule has 0 bridgehead atoms. The average Bonchev–Trinajstić information content (AvgIpc) is 2.72. The summed E-state index contributed by atoms with van der Waals surface area (Å²) in [5, 5.41) is 0. The van der Waals surface area contributed by atoms with Crippen molar-refractivity contribution in [3.8, 4) is 11.5 Å². The lowest BCUT2D eigenvalue weighted by atomic mass is 9.92. The first kappa shape index (κ1) is 23.2. The van der Waals surface area contributed by atoms with Crippen molar-refractivity contribution in [2.75, 3.05) is 20.8 Å². The predicted octanol–water partition coefficient (Wildman–Crippen LogP) is 2.38. The molecule has 158 valence electrons. The number of hydrogen-bond donors (Lipinski definition) is 0. The number of methoxy groups -OCH3 is 2. The van der Waals surface area contributed by atoms with Crippen LogP contribution in [0.2, 0.25) is 0 Å². The average molecular weight is 420 g/mol. The van der Waals surface area contributed by atoms with Gasteiger partial charge in [0.1, 0.15) is 12.4 Å². The summed E-state index contributed by atoms with van der Waals surface area (Å²) in [5.41, 5.74) is 4.55. The first-order valence-corrected chi connectivity index (χ1v) is 10.3. The molecule has 0 aliphatic carbocycles. The van der Waals surface area contributed by atoms with Crippen molar-refractivity contribution in [2.24, 2.45) is 0 Å². The molecule has 0 amide bonds. The zero-order chi connectivity index (χ0) is 19.9. The van der Waals surface area contributed by atoms with Crippen molar-refractivity contribution in [3.63, 3.8) is 0 Å². The Labute approximate surface area is 180 Å². The Balaban J connectivity index is 0.00000300. The van der Waals surface area contributed by atoms with Crippen molar-refractivity contribution in [1.29, 1.82) is 0 Å². The number of rotatable bonds is 9. The van der Waals surface area contributed by atoms with E-state index in [1.165, 1.54) is 36.1 Å². The molecule has 3 rings (SSSR count). The van der Waals surface area contributed by atoms with E-state index in [4.69, 9.17) is 9.47 Å². The molecule has 0 spiro atoms. The summed E-state index contributed by atoms with van der Waals surface area (Å²) in [6, 6.07) is 11.3. The zero-order valence-corrected chi connectivity index (χ0v) is 18.4. The molecule has 1 aliphatic rings. The molecule has 5 heteroatoms. The Bertz CT molecular complexity index is 851. The Morgan fingerprint density at radius 3 is 2.41 bits per heavy atom. The molecule has 0 N–H and O–H groups in total. The molecule has 0 aromatic heterocycles. The van der Waals surface area contributed by atoms with Gasteiger partial charge in [-0.3, -0.25) is 0 Å². The van der Waals surface area contributed by atoms with Crippen molar-refractivity contribution >= 4 is 5.71 Å². The number of ether oxygens (including phenoxy) is 2. The highest BCUT2D eigenvalue weighted by molar-refractivity contribution is 5.99. The molecule has 0 saturated heterocycles. The maximum Gasteiger partial charge on any atom is 0.184 e. The summed E-state index contributed by atoms with van der Waals surface area (Å²) in [6.07, 6.45) is 6.75. The van der Waals surface area contributed by atoms with Gasteiger partial charge in [0.2, 0.25) is 0 Å². The van der Waals surface area contributed by atoms with Crippen LogP contribution in [0.25, 0.3) is 0 Å². The van der Waals surface area contributed by atoms with E-state index in [1.54, 1.807) is 26.4 Å². The second-order valence-electron chi connectivity index (χ2n) is 7.38. The quantitative estimate of drug-likeness (QED) is 0.459. The van der Waals surface area contributed by atoms with Gasteiger partial charge in [-0.05, 0) is 36.2 Å². The molecule has 2 aromatic carbocycles. The highest BCUT2D eigenvalue weighted by Crippen LogP contribution is 2.33. The lowest BCUT2D eigenvalue weighted by Gasteiger charge is -2.21. The minimum absolute atomic E-state index is 0. The Morgan fingerprint density at radius 2 is 1.72 bits per heavy atom. The largest absolute Gasteiger partial charge is 1.00 e. The first-order chi connectivity index (χ1) is 13.7. The van der Waals surface area contributed by atoms with Gasteiger partial charge in [-0.1, -0.05) is 38.3 Å². The fourth-order valence-electron chi connectivity index (χ4n) is 3.98. The van der Waals surface area contributed by atoms with Gasteiger partial charge in [0, 0.05) is 18.4 Å². The normalized spacial score (nSPS) is 13.0. The van der Waals surface area contributed by atoms with E-state index in [0.29, 0.717) is 6.54 Å². The number of fused-ring (bicyclic) bond motifs is 1. The molecule has 0 unspecified atom stereocenters. The van der Waals surface area contributed by atoms with E-state index >= 15 is 0 Å². The van der Waals surface area contributed by atoms with Crippen molar-refractivity contribution in [1.82, 2.24) is 0 Å². The van der Waals surface area contributed by atoms with Crippen LogP contribution in [0.15, 0.2) is 36.4 Å². The molecule has 1 heterocycles. The minimum Gasteiger partial charge on any atom is -1.00 e. The molecular weight excluding hydrogens is 389 g/mol. The summed E-state index contributed by atoms with van der Waals surface area (Å²) in [6.45, 7) is 3.72. The van der Waals surface area contributed by atoms with Crippen LogP contribution in [0.1, 0.15) is 55.7 Å². The summed E-state index contributed by atoms with van der Waals surface area (Å²) < 4.78 is 27.7. The molecule has 29 heavy (non-hydrogen) atoms. The Morgan fingerprint density at radius 1 is 1.00 bits per heavy atom. The Kier molecular flexibility index (Phi) is 8.97. The molecule has 3 nitrogen and oxygen atoms in total. The number of benzene rings is 2. The number of unbranched alkanes of at least 4 members (excludes halogenated alkanes) is 3. The number of nitrogens with zero attached hydrogens (tertiary/aromatic N) is 1. The van der Waals surface area contributed by atoms with Gasteiger partial charge in [-0.15, -0.1) is 0 Å². The smallest absolute Gasteiger partial charge is 0.184 e. The predicted molar refractivity (Wildman–Crippen MR) is 111 cm³/mol. The van der Waals surface area contributed by atoms with Crippen LogP contribution in [-0.4, -0.2) is 31.1 Å². The van der Waals surface area contributed by atoms with E-state index in [1.807, 2.05) is 12.1 Å². The third-order valence-corrected chi connectivity index (χ3v) is 5.54. The minimum atomic E-state index is -0.133. The van der Waals surface area contributed by atoms with Crippen molar-refractivity contribution in [3.05, 3.63) is 58.9 Å². The maximum absolute atomic E-state index is 14.3. The zero-order valence-electron chi connectivity index (χ0n) is 17.6. The van der Waals surface area contributed by atoms with Crippen molar-refractivity contribution in [2.45, 2.75) is 52.0 Å². The van der Waals surface area contributed by atoms with E-state index in [2.05, 4.69) is 23.6 Å². The molecule has 1 aliphatic heterocycles. The molecule has 0 saturated carbocycles. The monoisotopic (exact) mass is 419 g/mol. The van der Waals surface area contributed by atoms with Gasteiger partial charge in [0.05, 0.1) is 19.8 Å². The van der Waals surface area contributed by atoms with Gasteiger partial charge >= 0.3 is 0 Å². The SMILES string of the molecule is CCCCCCC1=[N+](Cc2ccccc2F)CCc2cc(OC)c(OC)cc21.[Cl-]. The van der Waals surface area contributed by atoms with Crippen LogP contribution in [0.5, 0.6) is 11.5 Å². The van der Waals surface area contributed by atoms with Crippen LogP contribution in [0, 0.1) is 5.82 Å². The van der Waals surface area contributed by atoms with Crippen molar-refractivity contribution < 1.29 is 30.8 Å². The van der Waals surface area contributed by atoms with Crippen LogP contribution in [0.4, 0.5) is 4.39 Å². The van der Waals surface area contributed by atoms with E-state index in [9.17, 15) is 4.39 Å². The van der Waals surface area contributed by atoms with Crippen LogP contribution in [-0.2, 0) is 13.0 Å². The fraction of sp³-hybridized carbons (Fsp3) is 0.458. The summed E-state index contributed by atoms with van der Waals surface area (Å²) >= 11 is 0. The molecule has 0 atom stereocenters. The molecular formula is C24H31ClFNO2. The second-order valence-corrected chi connectivity index (χ2v) is 7.38. The fourth-order valence-corrected chi connectivity index (χ4v) is 3.98. The van der Waals surface area contributed by atoms with Crippen LogP contribution < -0.4 is 21.9 Å². The second kappa shape index (κ2) is 11.2. The standard InChI is InChI=1S/C24H31FNO2.ClH/c1-4-5-6-7-12-22-20-16-24(28-3)23(27-2)15-18(20)13-14-26(22)17-19-10-8-9-11-21(19)25;/h8-11,15-16H,4-7,12-14,17H2,1-3H3;1H/q+1;/p-1. The van der Waals surface area contributed by atoms with E-state index < -0.39 is 0 Å². The number of halogens is 2. The first-order valence-electron chi connectivity index (χ1n) is 10.3. The lowest BCUT2D eigenvalue weighted by Crippen LogP contribution is -3.00. The molecule has 0 radical (unpaired) electrons. The van der Waals surface area contributed by atoms with Gasteiger partial charge < -0.3 is 21.9 Å². The highest BCUT2D eigenvalue weighted by Gasteiger charge is 2.28. The highest BCUT2D eigenvalue weighted by atomic mass is 35.5. The maximum atomic E-state index is 14.3. The van der Waals surface area contributed by atoms with Gasteiger partial charge in [-0.25, -0.2) is 8.97 Å². The summed E-state index contributed by atoms with van der Waals surface area (Å²) in [7, 11) is 3.35. The molecule has 2 aromatic rings. The van der Waals surface area contributed by atoms with E-state index in [0.717, 1.165) is 42.9 Å². The van der Waals surface area contributed by atoms with Gasteiger partial charge in [-0.2, -0.15) is 0 Å².